The fraction of sp³-hybridized carbons (Fsp3) is 0.941. The summed E-state index contributed by atoms with van der Waals surface area (Å²) in [5.41, 5.74) is -0.543. The van der Waals surface area contributed by atoms with Crippen molar-refractivity contribution >= 4 is 21.9 Å². The zero-order valence-corrected chi connectivity index (χ0v) is 15.5. The molecule has 0 spiro atoms. The van der Waals surface area contributed by atoms with E-state index in [4.69, 9.17) is 4.74 Å². The van der Waals surface area contributed by atoms with Gasteiger partial charge in [-0.2, -0.15) is 0 Å². The van der Waals surface area contributed by atoms with Gasteiger partial charge in [-0.15, -0.1) is 0 Å². The van der Waals surface area contributed by atoms with Crippen LogP contribution in [-0.4, -0.2) is 28.1 Å². The number of hydrogen-bond donors (Lipinski definition) is 1. The van der Waals surface area contributed by atoms with Gasteiger partial charge >= 0.3 is 5.97 Å². The maximum Gasteiger partial charge on any atom is 0.302 e. The summed E-state index contributed by atoms with van der Waals surface area (Å²) in [5.74, 6) is 0.279. The van der Waals surface area contributed by atoms with Gasteiger partial charge in [-0.3, -0.25) is 4.79 Å². The van der Waals surface area contributed by atoms with Gasteiger partial charge in [0, 0.05) is 17.7 Å². The number of carbonyl (C=O) groups excluding carboxylic acids is 1. The van der Waals surface area contributed by atoms with E-state index < -0.39 is 5.60 Å². The summed E-state index contributed by atoms with van der Waals surface area (Å²) in [7, 11) is 0. The van der Waals surface area contributed by atoms with Crippen LogP contribution < -0.4 is 0 Å². The molecule has 4 heteroatoms. The van der Waals surface area contributed by atoms with Crippen molar-refractivity contribution in [1.82, 2.24) is 0 Å². The van der Waals surface area contributed by atoms with Crippen LogP contribution in [-0.2, 0) is 9.53 Å². The first-order chi connectivity index (χ1) is 9.52. The molecule has 0 aromatic carbocycles. The van der Waals surface area contributed by atoms with Crippen molar-refractivity contribution in [3.05, 3.63) is 0 Å². The van der Waals surface area contributed by atoms with E-state index >= 15 is 0 Å². The molecular formula is C17H29BrO3. The minimum Gasteiger partial charge on any atom is -0.465 e. The molecule has 0 amide bonds. The highest BCUT2D eigenvalue weighted by molar-refractivity contribution is 9.09. The van der Waals surface area contributed by atoms with Crippen LogP contribution in [0.3, 0.4) is 0 Å². The normalized spacial score (nSPS) is 45.8. The van der Waals surface area contributed by atoms with Gasteiger partial charge in [-0.05, 0) is 49.4 Å². The van der Waals surface area contributed by atoms with Crippen molar-refractivity contribution < 1.29 is 14.6 Å². The van der Waals surface area contributed by atoms with Crippen LogP contribution in [0.5, 0.6) is 0 Å². The monoisotopic (exact) mass is 360 g/mol. The molecule has 0 aliphatic heterocycles. The topological polar surface area (TPSA) is 46.5 Å². The van der Waals surface area contributed by atoms with E-state index in [1.165, 1.54) is 6.92 Å². The summed E-state index contributed by atoms with van der Waals surface area (Å²) in [6.45, 7) is 10.6. The molecule has 0 aromatic rings. The molecule has 2 aliphatic rings. The number of halogens is 1. The van der Waals surface area contributed by atoms with Gasteiger partial charge < -0.3 is 9.84 Å². The van der Waals surface area contributed by atoms with Crippen molar-refractivity contribution in [3.8, 4) is 0 Å². The molecule has 1 N–H and O–H groups in total. The zero-order chi connectivity index (χ0) is 16.1. The van der Waals surface area contributed by atoms with Gasteiger partial charge in [0.05, 0.1) is 12.2 Å². The molecule has 2 aliphatic carbocycles. The van der Waals surface area contributed by atoms with Gasteiger partial charge in [-0.25, -0.2) is 0 Å². The molecule has 2 rings (SSSR count). The third kappa shape index (κ3) is 2.90. The van der Waals surface area contributed by atoms with E-state index in [1.54, 1.807) is 0 Å². The minimum absolute atomic E-state index is 0.00641. The molecule has 0 unspecified atom stereocenters. The number of aliphatic hydroxyl groups is 1. The Morgan fingerprint density at radius 3 is 2.43 bits per heavy atom. The lowest BCUT2D eigenvalue weighted by atomic mass is 9.46. The molecule has 0 saturated heterocycles. The highest BCUT2D eigenvalue weighted by atomic mass is 79.9. The van der Waals surface area contributed by atoms with Crippen LogP contribution >= 0.6 is 15.9 Å². The first kappa shape index (κ1) is 17.3. The predicted molar refractivity (Wildman–Crippen MR) is 87.3 cm³/mol. The highest BCUT2D eigenvalue weighted by Gasteiger charge is 2.60. The van der Waals surface area contributed by atoms with Gasteiger partial charge in [0.1, 0.15) is 0 Å². The average Bonchev–Trinajstić information content (AvgIpc) is 2.32. The Labute approximate surface area is 137 Å². The predicted octanol–water partition coefficient (Wildman–Crippen LogP) is 3.92. The molecule has 5 atom stereocenters. The molecule has 2 saturated carbocycles. The van der Waals surface area contributed by atoms with E-state index in [2.05, 4.69) is 36.7 Å². The molecule has 122 valence electrons. The van der Waals surface area contributed by atoms with Crippen LogP contribution in [0.15, 0.2) is 0 Å². The third-order valence-corrected chi connectivity index (χ3v) is 8.01. The third-order valence-electron chi connectivity index (χ3n) is 6.38. The van der Waals surface area contributed by atoms with Crippen LogP contribution in [0.1, 0.15) is 60.3 Å². The van der Waals surface area contributed by atoms with E-state index in [1.807, 2.05) is 6.92 Å². The fourth-order valence-corrected chi connectivity index (χ4v) is 5.61. The lowest BCUT2D eigenvalue weighted by Crippen LogP contribution is -2.61. The molecular weight excluding hydrogens is 332 g/mol. The van der Waals surface area contributed by atoms with E-state index in [-0.39, 0.29) is 22.7 Å². The van der Waals surface area contributed by atoms with Crippen molar-refractivity contribution in [1.29, 1.82) is 0 Å². The van der Waals surface area contributed by atoms with Gasteiger partial charge in [0.2, 0.25) is 0 Å². The molecule has 2 fully saturated rings. The SMILES string of the molecule is CC(=O)OC[C@H]1[C@@]2(C)CC[C@H](Br)C(C)(C)[C@H]2CC[C@]1(C)O. The summed E-state index contributed by atoms with van der Waals surface area (Å²) in [6, 6.07) is 0. The summed E-state index contributed by atoms with van der Waals surface area (Å²) in [6.07, 6.45) is 3.99. The van der Waals surface area contributed by atoms with E-state index in [9.17, 15) is 9.90 Å². The number of carbonyl (C=O) groups is 1. The Bertz CT molecular complexity index is 418. The Balaban J connectivity index is 2.33. The molecule has 0 aromatic heterocycles. The van der Waals surface area contributed by atoms with Crippen molar-refractivity contribution in [2.24, 2.45) is 22.7 Å². The fourth-order valence-electron chi connectivity index (χ4n) is 5.06. The smallest absolute Gasteiger partial charge is 0.302 e. The molecule has 3 nitrogen and oxygen atoms in total. The van der Waals surface area contributed by atoms with E-state index in [0.717, 1.165) is 25.7 Å². The molecule has 21 heavy (non-hydrogen) atoms. The number of rotatable bonds is 2. The lowest BCUT2D eigenvalue weighted by Gasteiger charge is -2.62. The Hall–Kier alpha value is -0.0900. The maximum atomic E-state index is 11.2. The molecule has 0 bridgehead atoms. The Kier molecular flexibility index (Phi) is 4.54. The first-order valence-electron chi connectivity index (χ1n) is 8.01. The van der Waals surface area contributed by atoms with Crippen molar-refractivity contribution in [2.45, 2.75) is 70.7 Å². The Morgan fingerprint density at radius 1 is 1.24 bits per heavy atom. The molecule has 0 heterocycles. The summed E-state index contributed by atoms with van der Waals surface area (Å²) < 4.78 is 5.32. The van der Waals surface area contributed by atoms with Crippen LogP contribution in [0.4, 0.5) is 0 Å². The maximum absolute atomic E-state index is 11.2. The number of hydrogen-bond acceptors (Lipinski definition) is 3. The highest BCUT2D eigenvalue weighted by Crippen LogP contribution is 2.63. The van der Waals surface area contributed by atoms with Gasteiger partial charge in [0.15, 0.2) is 0 Å². The quantitative estimate of drug-likeness (QED) is 0.599. The largest absolute Gasteiger partial charge is 0.465 e. The number of ether oxygens (including phenoxy) is 1. The van der Waals surface area contributed by atoms with Crippen LogP contribution in [0, 0.1) is 22.7 Å². The summed E-state index contributed by atoms with van der Waals surface area (Å²) in [4.78, 5) is 11.7. The second kappa shape index (κ2) is 5.52. The Morgan fingerprint density at radius 2 is 1.86 bits per heavy atom. The summed E-state index contributed by atoms with van der Waals surface area (Å²) >= 11 is 3.86. The van der Waals surface area contributed by atoms with Crippen molar-refractivity contribution in [3.63, 3.8) is 0 Å². The zero-order valence-electron chi connectivity index (χ0n) is 13.9. The number of fused-ring (bicyclic) bond motifs is 1. The lowest BCUT2D eigenvalue weighted by molar-refractivity contribution is -0.186. The van der Waals surface area contributed by atoms with E-state index in [0.29, 0.717) is 17.4 Å². The first-order valence-corrected chi connectivity index (χ1v) is 8.93. The van der Waals surface area contributed by atoms with Gasteiger partial charge in [0.25, 0.3) is 0 Å². The van der Waals surface area contributed by atoms with Crippen molar-refractivity contribution in [2.75, 3.05) is 6.61 Å². The molecule has 0 radical (unpaired) electrons. The second-order valence-electron chi connectivity index (χ2n) is 8.14. The number of esters is 1. The van der Waals surface area contributed by atoms with Crippen LogP contribution in [0.2, 0.25) is 0 Å². The average molecular weight is 361 g/mol. The standard InChI is InChI=1S/C17H29BrO3/c1-11(19)21-10-13-16(4)8-7-14(18)15(2,3)12(16)6-9-17(13,5)20/h12-14,20H,6-10H2,1-5H3/t12-,13+,14+,16+,17+/m1/s1. The minimum atomic E-state index is -0.754. The van der Waals surface area contributed by atoms with Crippen LogP contribution in [0.25, 0.3) is 0 Å². The van der Waals surface area contributed by atoms with Gasteiger partial charge in [-0.1, -0.05) is 36.7 Å². The summed E-state index contributed by atoms with van der Waals surface area (Å²) in [5, 5.41) is 10.9. The second-order valence-corrected chi connectivity index (χ2v) is 9.24. The number of alkyl halides is 1.